The van der Waals surface area contributed by atoms with Crippen molar-refractivity contribution in [3.8, 4) is 0 Å². The van der Waals surface area contributed by atoms with Crippen molar-refractivity contribution in [3.63, 3.8) is 0 Å². The molecule has 0 aromatic carbocycles. The summed E-state index contributed by atoms with van der Waals surface area (Å²) in [5, 5.41) is 0. The Bertz CT molecular complexity index is 451. The molecule has 0 radical (unpaired) electrons. The van der Waals surface area contributed by atoms with Gasteiger partial charge in [-0.1, -0.05) is 19.3 Å². The third kappa shape index (κ3) is 3.23. The predicted octanol–water partition coefficient (Wildman–Crippen LogP) is 2.09. The number of hydrogen-bond acceptors (Lipinski definition) is 5. The van der Waals surface area contributed by atoms with E-state index in [4.69, 9.17) is 14.2 Å². The van der Waals surface area contributed by atoms with Crippen molar-refractivity contribution in [3.05, 3.63) is 0 Å². The molecule has 2 saturated carbocycles. The summed E-state index contributed by atoms with van der Waals surface area (Å²) in [6.07, 6.45) is 6.39. The summed E-state index contributed by atoms with van der Waals surface area (Å²) >= 11 is 0. The molecule has 0 spiro atoms. The third-order valence-corrected chi connectivity index (χ3v) is 6.76. The number of esters is 1. The van der Waals surface area contributed by atoms with Gasteiger partial charge in [0.1, 0.15) is 6.10 Å². The van der Waals surface area contributed by atoms with Crippen LogP contribution in [0.3, 0.4) is 0 Å². The van der Waals surface area contributed by atoms with Crippen molar-refractivity contribution in [1.82, 2.24) is 4.90 Å². The molecule has 0 aromatic rings. The minimum atomic E-state index is 0.0127. The molecule has 5 nitrogen and oxygen atoms in total. The van der Waals surface area contributed by atoms with E-state index in [9.17, 15) is 4.79 Å². The summed E-state index contributed by atoms with van der Waals surface area (Å²) in [6, 6.07) is 0. The lowest BCUT2D eigenvalue weighted by atomic mass is 9.61. The second-order valence-electron chi connectivity index (χ2n) is 8.06. The summed E-state index contributed by atoms with van der Waals surface area (Å²) in [5.74, 6) is 1.65. The lowest BCUT2D eigenvalue weighted by molar-refractivity contribution is -0.145. The van der Waals surface area contributed by atoms with Crippen molar-refractivity contribution in [2.45, 2.75) is 51.2 Å². The van der Waals surface area contributed by atoms with Gasteiger partial charge in [0, 0.05) is 25.6 Å². The Morgan fingerprint density at radius 1 is 1.21 bits per heavy atom. The summed E-state index contributed by atoms with van der Waals surface area (Å²) in [6.45, 7) is 7.46. The topological polar surface area (TPSA) is 48.0 Å². The maximum atomic E-state index is 12.3. The molecule has 2 aliphatic carbocycles. The highest BCUT2D eigenvalue weighted by Gasteiger charge is 2.55. The Hall–Kier alpha value is -0.650. The van der Waals surface area contributed by atoms with E-state index in [1.165, 1.54) is 25.7 Å². The first-order chi connectivity index (χ1) is 11.7. The molecule has 136 valence electrons. The fourth-order valence-corrected chi connectivity index (χ4v) is 5.53. The van der Waals surface area contributed by atoms with E-state index >= 15 is 0 Å². The third-order valence-electron chi connectivity index (χ3n) is 6.76. The zero-order valence-corrected chi connectivity index (χ0v) is 14.8. The van der Waals surface area contributed by atoms with Gasteiger partial charge in [-0.25, -0.2) is 0 Å². The van der Waals surface area contributed by atoms with E-state index in [0.717, 1.165) is 45.9 Å². The van der Waals surface area contributed by atoms with Gasteiger partial charge in [0.15, 0.2) is 0 Å². The molecule has 4 rings (SSSR count). The number of ether oxygens (including phenoxy) is 3. The van der Waals surface area contributed by atoms with Crippen LogP contribution in [0.1, 0.15) is 39.0 Å². The quantitative estimate of drug-likeness (QED) is 0.735. The van der Waals surface area contributed by atoms with Crippen molar-refractivity contribution in [2.24, 2.45) is 23.7 Å². The molecule has 2 heterocycles. The first kappa shape index (κ1) is 16.8. The molecule has 6 atom stereocenters. The van der Waals surface area contributed by atoms with Gasteiger partial charge in [0.2, 0.25) is 0 Å². The second-order valence-corrected chi connectivity index (χ2v) is 8.06. The van der Waals surface area contributed by atoms with E-state index in [1.807, 2.05) is 0 Å². The summed E-state index contributed by atoms with van der Waals surface area (Å²) in [7, 11) is 0. The number of fused-ring (bicyclic) bond motifs is 2. The normalized spacial score (nSPS) is 43.1. The highest BCUT2D eigenvalue weighted by atomic mass is 16.6. The molecule has 0 unspecified atom stereocenters. The number of rotatable bonds is 4. The van der Waals surface area contributed by atoms with Crippen molar-refractivity contribution >= 4 is 5.97 Å². The molecule has 24 heavy (non-hydrogen) atoms. The molecule has 4 aliphatic rings. The Balaban J connectivity index is 1.41. The lowest BCUT2D eigenvalue weighted by Crippen LogP contribution is -2.49. The monoisotopic (exact) mass is 337 g/mol. The molecule has 0 amide bonds. The van der Waals surface area contributed by atoms with Crippen LogP contribution in [0.15, 0.2) is 0 Å². The number of nitrogens with zero attached hydrogens (tertiary/aromatic N) is 1. The number of morpholine rings is 1. The molecule has 2 aliphatic heterocycles. The lowest BCUT2D eigenvalue weighted by Gasteiger charge is -2.46. The minimum absolute atomic E-state index is 0.0127. The molecular weight excluding hydrogens is 306 g/mol. The summed E-state index contributed by atoms with van der Waals surface area (Å²) in [4.78, 5) is 14.7. The summed E-state index contributed by atoms with van der Waals surface area (Å²) < 4.78 is 17.5. The van der Waals surface area contributed by atoms with Gasteiger partial charge in [0.05, 0.1) is 31.8 Å². The van der Waals surface area contributed by atoms with Crippen LogP contribution in [0.4, 0.5) is 0 Å². The van der Waals surface area contributed by atoms with E-state index in [0.29, 0.717) is 11.8 Å². The van der Waals surface area contributed by atoms with Crippen LogP contribution in [0, 0.1) is 23.7 Å². The van der Waals surface area contributed by atoms with Gasteiger partial charge in [-0.2, -0.15) is 0 Å². The fraction of sp³-hybridized carbons (Fsp3) is 0.947. The van der Waals surface area contributed by atoms with Crippen LogP contribution in [-0.2, 0) is 19.0 Å². The molecule has 5 heteroatoms. The van der Waals surface area contributed by atoms with Gasteiger partial charge >= 0.3 is 5.97 Å². The van der Waals surface area contributed by atoms with Crippen molar-refractivity contribution < 1.29 is 19.0 Å². The molecule has 0 aromatic heterocycles. The van der Waals surface area contributed by atoms with Gasteiger partial charge in [0.25, 0.3) is 0 Å². The van der Waals surface area contributed by atoms with Crippen LogP contribution in [-0.4, -0.2) is 62.5 Å². The van der Waals surface area contributed by atoms with Crippen molar-refractivity contribution in [2.75, 3.05) is 39.5 Å². The van der Waals surface area contributed by atoms with Crippen LogP contribution >= 0.6 is 0 Å². The summed E-state index contributed by atoms with van der Waals surface area (Å²) in [5.41, 5.74) is 0. The number of cyclic esters (lactones) is 1. The van der Waals surface area contributed by atoms with Crippen LogP contribution in [0.2, 0.25) is 0 Å². The largest absolute Gasteiger partial charge is 0.462 e. The second kappa shape index (κ2) is 7.30. The Morgan fingerprint density at radius 3 is 2.83 bits per heavy atom. The van der Waals surface area contributed by atoms with E-state index in [1.54, 1.807) is 0 Å². The van der Waals surface area contributed by atoms with E-state index < -0.39 is 0 Å². The number of carbonyl (C=O) groups excluding carboxylic acids is 1. The number of carbonyl (C=O) groups is 1. The fourth-order valence-electron chi connectivity index (χ4n) is 5.53. The molecule has 4 fully saturated rings. The van der Waals surface area contributed by atoms with Crippen LogP contribution in [0.5, 0.6) is 0 Å². The van der Waals surface area contributed by atoms with Gasteiger partial charge in [-0.05, 0) is 31.6 Å². The van der Waals surface area contributed by atoms with Gasteiger partial charge < -0.3 is 14.2 Å². The standard InChI is InChI=1S/C19H31NO4/c1-13-17-16(19(21)24-13)12-14-4-2-3-5-15(14)18(17)23-11-8-20-6-9-22-10-7-20/h13-18H,2-12H2,1H3/t13-,14+,15-,16-,17-,18+/m0/s1. The van der Waals surface area contributed by atoms with Crippen LogP contribution in [0.25, 0.3) is 0 Å². The van der Waals surface area contributed by atoms with Gasteiger partial charge in [-0.3, -0.25) is 9.69 Å². The van der Waals surface area contributed by atoms with E-state index in [2.05, 4.69) is 11.8 Å². The molecule has 0 N–H and O–H groups in total. The minimum Gasteiger partial charge on any atom is -0.462 e. The maximum Gasteiger partial charge on any atom is 0.309 e. The van der Waals surface area contributed by atoms with E-state index in [-0.39, 0.29) is 30.0 Å². The predicted molar refractivity (Wildman–Crippen MR) is 89.6 cm³/mol. The number of hydrogen-bond donors (Lipinski definition) is 0. The van der Waals surface area contributed by atoms with Gasteiger partial charge in [-0.15, -0.1) is 0 Å². The Labute approximate surface area is 145 Å². The van der Waals surface area contributed by atoms with Crippen LogP contribution < -0.4 is 0 Å². The van der Waals surface area contributed by atoms with Crippen molar-refractivity contribution in [1.29, 1.82) is 0 Å². The maximum absolute atomic E-state index is 12.3. The highest BCUT2D eigenvalue weighted by molar-refractivity contribution is 5.75. The zero-order chi connectivity index (χ0) is 16.5. The zero-order valence-electron chi connectivity index (χ0n) is 14.8. The molecule has 2 saturated heterocycles. The molecule has 0 bridgehead atoms. The first-order valence-corrected chi connectivity index (χ1v) is 9.86. The molecular formula is C19H31NO4. The average molecular weight is 337 g/mol. The Morgan fingerprint density at radius 2 is 2.00 bits per heavy atom. The smallest absolute Gasteiger partial charge is 0.309 e. The first-order valence-electron chi connectivity index (χ1n) is 9.86. The Kier molecular flexibility index (Phi) is 5.11. The SMILES string of the molecule is C[C@@H]1OC(=O)[C@H]2C[C@H]3CCCC[C@@H]3[C@@H](OCCN3CCOCC3)[C@@H]12. The highest BCUT2D eigenvalue weighted by Crippen LogP contribution is 2.50. The average Bonchev–Trinajstić information content (AvgIpc) is 2.89.